The van der Waals surface area contributed by atoms with Crippen molar-refractivity contribution in [1.29, 1.82) is 0 Å². The van der Waals surface area contributed by atoms with Crippen molar-refractivity contribution < 1.29 is 41.5 Å². The molecular weight excluding hydrogens is 232 g/mol. The molecule has 0 aromatic carbocycles. The quantitative estimate of drug-likeness (QED) is 0.380. The van der Waals surface area contributed by atoms with Gasteiger partial charge in [-0.15, -0.1) is 11.5 Å². The van der Waals surface area contributed by atoms with Gasteiger partial charge in [-0.1, -0.05) is 13.8 Å². The van der Waals surface area contributed by atoms with Gasteiger partial charge in [-0.05, 0) is 26.0 Å². The first-order valence-corrected chi connectivity index (χ1v) is 3.97. The topological polar surface area (TPSA) is 80.3 Å². The molecule has 0 heterocycles. The molecular formula is C10H14O4Ti. The molecule has 82 valence electrons. The van der Waals surface area contributed by atoms with Gasteiger partial charge < -0.3 is 10.2 Å². The van der Waals surface area contributed by atoms with E-state index < -0.39 is 0 Å². The first-order valence-electron chi connectivity index (χ1n) is 3.97. The van der Waals surface area contributed by atoms with Crippen molar-refractivity contribution >= 4 is 11.6 Å². The van der Waals surface area contributed by atoms with Crippen LogP contribution in [-0.2, 0) is 31.3 Å². The van der Waals surface area contributed by atoms with E-state index in [-0.39, 0.29) is 44.8 Å². The molecule has 0 unspecified atom stereocenters. The Balaban J connectivity index is -0.000000180. The fourth-order valence-electron chi connectivity index (χ4n) is 0.572. The van der Waals surface area contributed by atoms with Gasteiger partial charge >= 0.3 is 21.7 Å². The summed E-state index contributed by atoms with van der Waals surface area (Å²) in [5.74, 6) is -0.750. The van der Waals surface area contributed by atoms with Crippen LogP contribution >= 0.6 is 0 Å². The normalized spacial score (nSPS) is 10.7. The fraction of sp³-hybridized carbons (Fsp3) is 0.400. The Kier molecular flexibility index (Phi) is 14.7. The van der Waals surface area contributed by atoms with Gasteiger partial charge in [-0.3, -0.25) is 9.59 Å². The molecule has 0 aliphatic carbocycles. The van der Waals surface area contributed by atoms with Gasteiger partial charge in [0.2, 0.25) is 0 Å². The molecule has 15 heavy (non-hydrogen) atoms. The summed E-state index contributed by atoms with van der Waals surface area (Å²) in [6, 6.07) is 0. The minimum absolute atomic E-state index is 0. The Bertz CT molecular complexity index is 231. The molecule has 0 bridgehead atoms. The number of carbonyl (C=O) groups is 2. The van der Waals surface area contributed by atoms with Crippen molar-refractivity contribution in [2.24, 2.45) is 0 Å². The fourth-order valence-corrected chi connectivity index (χ4v) is 0.572. The molecule has 0 aliphatic heterocycles. The van der Waals surface area contributed by atoms with E-state index >= 15 is 0 Å². The van der Waals surface area contributed by atoms with Crippen molar-refractivity contribution in [3.05, 3.63) is 23.7 Å². The maximum absolute atomic E-state index is 9.98. The summed E-state index contributed by atoms with van der Waals surface area (Å²) in [5, 5.41) is 20.0. The zero-order valence-corrected chi connectivity index (χ0v) is 10.8. The molecule has 0 spiro atoms. The SMILES string of the molecule is CC(=O)/C=C(\C)[O-].CC(=O)/C=C(\C)[O-].[Ti+2]. The van der Waals surface area contributed by atoms with Crippen LogP contribution in [0.5, 0.6) is 0 Å². The molecule has 0 rings (SSSR count). The third-order valence-corrected chi connectivity index (χ3v) is 0.813. The first kappa shape index (κ1) is 19.7. The van der Waals surface area contributed by atoms with Crippen LogP contribution in [0.4, 0.5) is 0 Å². The average Bonchev–Trinajstić information content (AvgIpc) is 1.79. The minimum Gasteiger partial charge on any atom is -0.876 e. The van der Waals surface area contributed by atoms with E-state index in [1.165, 1.54) is 27.7 Å². The predicted octanol–water partition coefficient (Wildman–Crippen LogP) is -0.324. The van der Waals surface area contributed by atoms with Crippen LogP contribution < -0.4 is 10.2 Å². The maximum atomic E-state index is 9.98. The minimum atomic E-state index is -0.187. The summed E-state index contributed by atoms with van der Waals surface area (Å²) in [5.41, 5.74) is 0. The zero-order valence-electron chi connectivity index (χ0n) is 9.29. The Hall–Kier alpha value is -0.866. The molecule has 0 aromatic heterocycles. The zero-order chi connectivity index (χ0) is 11.7. The third kappa shape index (κ3) is 32.0. The number of hydrogen-bond acceptors (Lipinski definition) is 4. The van der Waals surface area contributed by atoms with Crippen LogP contribution in [0.25, 0.3) is 0 Å². The molecule has 0 N–H and O–H groups in total. The van der Waals surface area contributed by atoms with Gasteiger partial charge in [-0.25, -0.2) is 0 Å². The summed E-state index contributed by atoms with van der Waals surface area (Å²) in [6.45, 7) is 5.39. The standard InChI is InChI=1S/2C5H8O2.Ti/c2*1-4(6)3-5(2)7;/h2*3,6H,1-2H3;/q;;+2/p-2/b2*4-3+;. The van der Waals surface area contributed by atoms with Crippen molar-refractivity contribution in [1.82, 2.24) is 0 Å². The van der Waals surface area contributed by atoms with Gasteiger partial charge in [0, 0.05) is 0 Å². The summed E-state index contributed by atoms with van der Waals surface area (Å²) >= 11 is 0. The summed E-state index contributed by atoms with van der Waals surface area (Å²) in [7, 11) is 0. The van der Waals surface area contributed by atoms with E-state index in [0.29, 0.717) is 0 Å². The van der Waals surface area contributed by atoms with Gasteiger partial charge in [0.15, 0.2) is 11.6 Å². The smallest absolute Gasteiger partial charge is 0.876 e. The molecule has 0 aromatic rings. The van der Waals surface area contributed by atoms with Crippen molar-refractivity contribution in [3.8, 4) is 0 Å². The van der Waals surface area contributed by atoms with Crippen LogP contribution in [-0.4, -0.2) is 11.6 Å². The van der Waals surface area contributed by atoms with Gasteiger partial charge in [0.25, 0.3) is 0 Å². The van der Waals surface area contributed by atoms with E-state index in [9.17, 15) is 19.8 Å². The molecule has 0 radical (unpaired) electrons. The molecule has 0 fully saturated rings. The molecule has 5 heteroatoms. The maximum Gasteiger partial charge on any atom is 2.00 e. The van der Waals surface area contributed by atoms with E-state index in [1.807, 2.05) is 0 Å². The monoisotopic (exact) mass is 246 g/mol. The van der Waals surface area contributed by atoms with Crippen LogP contribution in [0.1, 0.15) is 27.7 Å². The van der Waals surface area contributed by atoms with Gasteiger partial charge in [-0.2, -0.15) is 0 Å². The number of allylic oxidation sites excluding steroid dienone is 4. The molecule has 0 atom stereocenters. The van der Waals surface area contributed by atoms with E-state index in [2.05, 4.69) is 0 Å². The van der Waals surface area contributed by atoms with Crippen LogP contribution in [0, 0.1) is 0 Å². The molecule has 4 nitrogen and oxygen atoms in total. The Morgan fingerprint density at radius 2 is 1.00 bits per heavy atom. The van der Waals surface area contributed by atoms with Gasteiger partial charge in [0.1, 0.15) is 0 Å². The van der Waals surface area contributed by atoms with Crippen molar-refractivity contribution in [3.63, 3.8) is 0 Å². The molecule has 0 amide bonds. The van der Waals surface area contributed by atoms with E-state index in [1.54, 1.807) is 0 Å². The molecule has 0 saturated carbocycles. The van der Waals surface area contributed by atoms with Crippen molar-refractivity contribution in [2.45, 2.75) is 27.7 Å². The Morgan fingerprint density at radius 3 is 1.00 bits per heavy atom. The van der Waals surface area contributed by atoms with E-state index in [0.717, 1.165) is 12.2 Å². The molecule has 0 saturated heterocycles. The second-order valence-corrected chi connectivity index (χ2v) is 2.73. The van der Waals surface area contributed by atoms with Crippen LogP contribution in [0.2, 0.25) is 0 Å². The van der Waals surface area contributed by atoms with Gasteiger partial charge in [0.05, 0.1) is 0 Å². The Labute approximate surface area is 105 Å². The number of rotatable bonds is 2. The first-order chi connectivity index (χ1) is 6.25. The second-order valence-electron chi connectivity index (χ2n) is 2.73. The molecule has 0 aliphatic rings. The summed E-state index contributed by atoms with van der Waals surface area (Å²) in [4.78, 5) is 20.0. The Morgan fingerprint density at radius 1 is 0.800 bits per heavy atom. The summed E-state index contributed by atoms with van der Waals surface area (Å²) < 4.78 is 0. The third-order valence-electron chi connectivity index (χ3n) is 0.813. The van der Waals surface area contributed by atoms with Crippen LogP contribution in [0.15, 0.2) is 23.7 Å². The van der Waals surface area contributed by atoms with Crippen LogP contribution in [0.3, 0.4) is 0 Å². The van der Waals surface area contributed by atoms with E-state index in [4.69, 9.17) is 0 Å². The average molecular weight is 246 g/mol. The number of hydrogen-bond donors (Lipinski definition) is 0. The number of ketones is 2. The predicted molar refractivity (Wildman–Crippen MR) is 48.9 cm³/mol. The largest absolute Gasteiger partial charge is 2.00 e. The van der Waals surface area contributed by atoms with Crippen molar-refractivity contribution in [2.75, 3.05) is 0 Å². The number of carbonyl (C=O) groups excluding carboxylic acids is 2. The second kappa shape index (κ2) is 11.2. The summed E-state index contributed by atoms with van der Waals surface area (Å²) in [6.07, 6.45) is 2.11.